The molecule has 2 aromatic rings. The van der Waals surface area contributed by atoms with Crippen molar-refractivity contribution in [1.82, 2.24) is 20.3 Å². The van der Waals surface area contributed by atoms with E-state index in [4.69, 9.17) is 4.74 Å². The normalized spacial score (nSPS) is 14.9. The summed E-state index contributed by atoms with van der Waals surface area (Å²) in [5.41, 5.74) is 3.09. The maximum atomic E-state index is 11.8. The first-order chi connectivity index (χ1) is 10.7. The van der Waals surface area contributed by atoms with E-state index in [2.05, 4.69) is 42.4 Å². The van der Waals surface area contributed by atoms with Crippen LogP contribution in [0, 0.1) is 0 Å². The average molecular weight is 321 g/mol. The Balaban J connectivity index is 2.11. The number of anilines is 2. The summed E-state index contributed by atoms with van der Waals surface area (Å²) in [5, 5.41) is 6.50. The van der Waals surface area contributed by atoms with Gasteiger partial charge in [-0.05, 0) is 0 Å². The van der Waals surface area contributed by atoms with Crippen LogP contribution in [0.15, 0.2) is 5.10 Å². The zero-order valence-electron chi connectivity index (χ0n) is 12.0. The van der Waals surface area contributed by atoms with Crippen molar-refractivity contribution in [3.05, 3.63) is 5.01 Å². The van der Waals surface area contributed by atoms with E-state index in [-0.39, 0.29) is 5.91 Å². The Bertz CT molecular complexity index is 711. The van der Waals surface area contributed by atoms with Crippen LogP contribution in [0.1, 0.15) is 9.80 Å². The molecule has 1 amide bonds. The van der Waals surface area contributed by atoms with Crippen LogP contribution in [0.25, 0.3) is 10.3 Å². The number of nitrogens with zero attached hydrogens (tertiary/aromatic N) is 5. The van der Waals surface area contributed by atoms with Crippen LogP contribution in [0.4, 0.5) is 11.8 Å². The van der Waals surface area contributed by atoms with Crippen molar-refractivity contribution in [3.63, 3.8) is 0 Å². The van der Waals surface area contributed by atoms with Gasteiger partial charge in [-0.3, -0.25) is 4.79 Å². The van der Waals surface area contributed by atoms with E-state index >= 15 is 0 Å². The Kier molecular flexibility index (Phi) is 4.11. The molecule has 1 saturated heterocycles. The molecular formula is C12H15N7O2S. The molecule has 3 heterocycles. The monoisotopic (exact) mass is 321 g/mol. The van der Waals surface area contributed by atoms with Gasteiger partial charge in [0, 0.05) is 26.9 Å². The molecule has 0 radical (unpaired) electrons. The van der Waals surface area contributed by atoms with E-state index in [1.807, 2.05) is 0 Å². The lowest BCUT2D eigenvalue weighted by atomic mass is 10.4. The smallest absolute Gasteiger partial charge is 0.280 e. The number of morpholine rings is 1. The number of carbonyl (C=O) groups is 1. The molecule has 0 aromatic carbocycles. The van der Waals surface area contributed by atoms with Crippen molar-refractivity contribution in [2.24, 2.45) is 5.10 Å². The molecule has 1 aliphatic rings. The summed E-state index contributed by atoms with van der Waals surface area (Å²) in [5.74, 6) is 0.789. The fourth-order valence-corrected chi connectivity index (χ4v) is 3.09. The molecule has 116 valence electrons. The van der Waals surface area contributed by atoms with Crippen molar-refractivity contribution < 1.29 is 9.53 Å². The fraction of sp³-hybridized carbons (Fsp3) is 0.417. The van der Waals surface area contributed by atoms with Gasteiger partial charge in [0.05, 0.1) is 13.2 Å². The minimum atomic E-state index is -0.243. The molecule has 10 heteroatoms. The Morgan fingerprint density at radius 3 is 2.82 bits per heavy atom. The summed E-state index contributed by atoms with van der Waals surface area (Å²) >= 11 is 1.27. The van der Waals surface area contributed by atoms with Gasteiger partial charge in [0.1, 0.15) is 4.70 Å². The first-order valence-corrected chi connectivity index (χ1v) is 7.49. The number of nitrogens with one attached hydrogen (secondary N) is 2. The number of hydrazone groups is 1. The second kappa shape index (κ2) is 6.20. The molecule has 2 aromatic heterocycles. The van der Waals surface area contributed by atoms with E-state index in [9.17, 15) is 4.79 Å². The number of rotatable bonds is 4. The quantitative estimate of drug-likeness (QED) is 0.617. The number of ether oxygens (including phenoxy) is 1. The number of hydrogen-bond donors (Lipinski definition) is 2. The van der Waals surface area contributed by atoms with Crippen LogP contribution in [-0.4, -0.2) is 60.9 Å². The zero-order chi connectivity index (χ0) is 15.5. The number of fused-ring (bicyclic) bond motifs is 1. The summed E-state index contributed by atoms with van der Waals surface area (Å²) in [6.45, 7) is 6.08. The standard InChI is InChI=1S/C12H15N7O2S/c1-13-10(20)11-15-8-7(22-11)9(17-12(16-8)18-14-2)19-3-5-21-6-4-19/h2-6H2,1H3,(H,13,20)(H,16,17,18). The average Bonchev–Trinajstić information content (AvgIpc) is 2.98. The Hall–Kier alpha value is -2.33. The lowest BCUT2D eigenvalue weighted by Crippen LogP contribution is -2.36. The minimum absolute atomic E-state index is 0.243. The third kappa shape index (κ3) is 2.70. The fourth-order valence-electron chi connectivity index (χ4n) is 2.12. The highest BCUT2D eigenvalue weighted by Gasteiger charge is 2.22. The van der Waals surface area contributed by atoms with Crippen molar-refractivity contribution in [1.29, 1.82) is 0 Å². The molecule has 0 bridgehead atoms. The van der Waals surface area contributed by atoms with Crippen molar-refractivity contribution >= 4 is 46.1 Å². The maximum absolute atomic E-state index is 11.8. The minimum Gasteiger partial charge on any atom is -0.378 e. The zero-order valence-corrected chi connectivity index (χ0v) is 12.8. The predicted molar refractivity (Wildman–Crippen MR) is 84.8 cm³/mol. The first kappa shape index (κ1) is 14.6. The molecule has 0 unspecified atom stereocenters. The highest BCUT2D eigenvalue weighted by molar-refractivity contribution is 7.20. The Labute approximate surface area is 130 Å². The summed E-state index contributed by atoms with van der Waals surface area (Å²) < 4.78 is 6.14. The van der Waals surface area contributed by atoms with Gasteiger partial charge in [0.15, 0.2) is 16.5 Å². The molecule has 0 atom stereocenters. The highest BCUT2D eigenvalue weighted by Crippen LogP contribution is 2.31. The summed E-state index contributed by atoms with van der Waals surface area (Å²) in [4.78, 5) is 26.9. The lowest BCUT2D eigenvalue weighted by molar-refractivity contribution is 0.0963. The second-order valence-electron chi connectivity index (χ2n) is 4.49. The van der Waals surface area contributed by atoms with Crippen LogP contribution in [0.2, 0.25) is 0 Å². The topological polar surface area (TPSA) is 105 Å². The number of aromatic nitrogens is 3. The van der Waals surface area contributed by atoms with Crippen molar-refractivity contribution in [2.45, 2.75) is 0 Å². The van der Waals surface area contributed by atoms with Crippen molar-refractivity contribution in [3.8, 4) is 0 Å². The van der Waals surface area contributed by atoms with E-state index in [0.717, 1.165) is 23.6 Å². The van der Waals surface area contributed by atoms with Gasteiger partial charge in [-0.1, -0.05) is 0 Å². The Morgan fingerprint density at radius 1 is 1.36 bits per heavy atom. The lowest BCUT2D eigenvalue weighted by Gasteiger charge is -2.28. The molecule has 1 fully saturated rings. The third-order valence-electron chi connectivity index (χ3n) is 3.15. The van der Waals surface area contributed by atoms with E-state index in [1.165, 1.54) is 11.3 Å². The van der Waals surface area contributed by atoms with Crippen LogP contribution < -0.4 is 15.6 Å². The summed E-state index contributed by atoms with van der Waals surface area (Å²) in [6, 6.07) is 0. The van der Waals surface area contributed by atoms with E-state index in [0.29, 0.717) is 29.8 Å². The number of amides is 1. The third-order valence-corrected chi connectivity index (χ3v) is 4.19. The van der Waals surface area contributed by atoms with Gasteiger partial charge in [0.2, 0.25) is 5.95 Å². The predicted octanol–water partition coefficient (Wildman–Crippen LogP) is 0.310. The first-order valence-electron chi connectivity index (χ1n) is 6.68. The van der Waals surface area contributed by atoms with Gasteiger partial charge in [0.25, 0.3) is 5.91 Å². The molecule has 0 aliphatic carbocycles. The van der Waals surface area contributed by atoms with Crippen LogP contribution in [-0.2, 0) is 4.74 Å². The summed E-state index contributed by atoms with van der Waals surface area (Å²) in [6.07, 6.45) is 0. The molecule has 1 aliphatic heterocycles. The van der Waals surface area contributed by atoms with E-state index in [1.54, 1.807) is 7.05 Å². The molecule has 9 nitrogen and oxygen atoms in total. The Morgan fingerprint density at radius 2 is 2.14 bits per heavy atom. The number of hydrogen-bond acceptors (Lipinski definition) is 9. The van der Waals surface area contributed by atoms with E-state index < -0.39 is 0 Å². The molecule has 0 saturated carbocycles. The molecule has 22 heavy (non-hydrogen) atoms. The maximum Gasteiger partial charge on any atom is 0.280 e. The largest absolute Gasteiger partial charge is 0.378 e. The number of carbonyl (C=O) groups excluding carboxylic acids is 1. The SMILES string of the molecule is C=NNc1nc(N2CCOCC2)c2sc(C(=O)NC)nc2n1. The molecular weight excluding hydrogens is 306 g/mol. The van der Waals surface area contributed by atoms with Gasteiger partial charge in [-0.15, -0.1) is 11.3 Å². The highest BCUT2D eigenvalue weighted by atomic mass is 32.1. The molecule has 3 rings (SSSR count). The summed E-state index contributed by atoms with van der Waals surface area (Å²) in [7, 11) is 1.57. The van der Waals surface area contributed by atoms with Crippen LogP contribution in [0.5, 0.6) is 0 Å². The van der Waals surface area contributed by atoms with Gasteiger partial charge in [-0.25, -0.2) is 10.4 Å². The second-order valence-corrected chi connectivity index (χ2v) is 5.49. The van der Waals surface area contributed by atoms with Crippen LogP contribution >= 0.6 is 11.3 Å². The van der Waals surface area contributed by atoms with Gasteiger partial charge >= 0.3 is 0 Å². The van der Waals surface area contributed by atoms with Crippen LogP contribution in [0.3, 0.4) is 0 Å². The van der Waals surface area contributed by atoms with Gasteiger partial charge in [-0.2, -0.15) is 15.1 Å². The molecule has 2 N–H and O–H groups in total. The molecule has 0 spiro atoms. The number of thiazole rings is 1. The van der Waals surface area contributed by atoms with Crippen molar-refractivity contribution in [2.75, 3.05) is 43.7 Å². The van der Waals surface area contributed by atoms with Gasteiger partial charge < -0.3 is 15.0 Å².